The van der Waals surface area contributed by atoms with E-state index in [9.17, 15) is 14.4 Å². The third-order valence-electron chi connectivity index (χ3n) is 2.73. The van der Waals surface area contributed by atoms with Crippen molar-refractivity contribution in [1.29, 1.82) is 0 Å². The van der Waals surface area contributed by atoms with Crippen molar-refractivity contribution in [3.05, 3.63) is 24.2 Å². The Morgan fingerprint density at radius 1 is 1.27 bits per heavy atom. The first-order chi connectivity index (χ1) is 10.2. The Morgan fingerprint density at radius 2 is 1.95 bits per heavy atom. The minimum Gasteiger partial charge on any atom is -0.459 e. The quantitative estimate of drug-likeness (QED) is 0.812. The molecule has 0 aliphatic carbocycles. The van der Waals surface area contributed by atoms with Gasteiger partial charge in [-0.05, 0) is 39.8 Å². The van der Waals surface area contributed by atoms with Gasteiger partial charge in [0, 0.05) is 12.1 Å². The van der Waals surface area contributed by atoms with Gasteiger partial charge in [-0.2, -0.15) is 0 Å². The van der Waals surface area contributed by atoms with E-state index in [1.165, 1.54) is 17.2 Å². The van der Waals surface area contributed by atoms with Crippen molar-refractivity contribution < 1.29 is 18.8 Å². The fourth-order valence-electron chi connectivity index (χ4n) is 1.77. The summed E-state index contributed by atoms with van der Waals surface area (Å²) in [5.74, 6) is -0.888. The molecule has 122 valence electrons. The van der Waals surface area contributed by atoms with Crippen LogP contribution in [-0.2, 0) is 9.59 Å². The Bertz CT molecular complexity index is 517. The number of amides is 3. The van der Waals surface area contributed by atoms with Crippen LogP contribution < -0.4 is 10.6 Å². The minimum atomic E-state index is -0.464. The molecule has 0 spiro atoms. The largest absolute Gasteiger partial charge is 0.459 e. The standard InChI is InChI=1S/C15H23N3O4/c1-5-18(10-12(19)17-15(2,3)4)13(20)9-16-14(21)11-7-6-8-22-11/h6-8H,5,9-10H2,1-4H3,(H,16,21)(H,17,19). The van der Waals surface area contributed by atoms with Crippen LogP contribution in [-0.4, -0.2) is 47.8 Å². The van der Waals surface area contributed by atoms with Crippen molar-refractivity contribution in [3.63, 3.8) is 0 Å². The van der Waals surface area contributed by atoms with Crippen molar-refractivity contribution in [1.82, 2.24) is 15.5 Å². The van der Waals surface area contributed by atoms with E-state index in [0.29, 0.717) is 6.54 Å². The van der Waals surface area contributed by atoms with Crippen LogP contribution in [0.25, 0.3) is 0 Å². The average Bonchev–Trinajstić information content (AvgIpc) is 2.93. The fraction of sp³-hybridized carbons (Fsp3) is 0.533. The van der Waals surface area contributed by atoms with Crippen molar-refractivity contribution in [2.45, 2.75) is 33.2 Å². The number of furan rings is 1. The normalized spacial score (nSPS) is 10.9. The molecule has 7 nitrogen and oxygen atoms in total. The molecule has 0 aliphatic heterocycles. The molecule has 22 heavy (non-hydrogen) atoms. The summed E-state index contributed by atoms with van der Waals surface area (Å²) in [6, 6.07) is 3.10. The zero-order valence-corrected chi connectivity index (χ0v) is 13.4. The van der Waals surface area contributed by atoms with Crippen LogP contribution in [0.1, 0.15) is 38.2 Å². The molecule has 0 unspecified atom stereocenters. The van der Waals surface area contributed by atoms with Gasteiger partial charge in [0.15, 0.2) is 5.76 Å². The number of hydrogen-bond donors (Lipinski definition) is 2. The van der Waals surface area contributed by atoms with Gasteiger partial charge in [-0.1, -0.05) is 0 Å². The Kier molecular flexibility index (Phi) is 6.15. The summed E-state index contributed by atoms with van der Waals surface area (Å²) in [6.45, 7) is 7.54. The molecule has 1 rings (SSSR count). The molecule has 0 atom stereocenters. The Labute approximate surface area is 130 Å². The predicted octanol–water partition coefficient (Wildman–Crippen LogP) is 0.773. The summed E-state index contributed by atoms with van der Waals surface area (Å²) < 4.78 is 4.93. The Hall–Kier alpha value is -2.31. The van der Waals surface area contributed by atoms with Gasteiger partial charge in [0.2, 0.25) is 11.8 Å². The monoisotopic (exact) mass is 309 g/mol. The molecule has 0 aliphatic rings. The molecule has 2 N–H and O–H groups in total. The number of nitrogens with zero attached hydrogens (tertiary/aromatic N) is 1. The molecule has 0 fully saturated rings. The third-order valence-corrected chi connectivity index (χ3v) is 2.73. The number of carbonyl (C=O) groups is 3. The fourth-order valence-corrected chi connectivity index (χ4v) is 1.77. The molecule has 0 bridgehead atoms. The van der Waals surface area contributed by atoms with Crippen molar-refractivity contribution in [3.8, 4) is 0 Å². The highest BCUT2D eigenvalue weighted by atomic mass is 16.3. The molecule has 3 amide bonds. The lowest BCUT2D eigenvalue weighted by atomic mass is 10.1. The maximum atomic E-state index is 12.1. The molecule has 7 heteroatoms. The number of nitrogens with one attached hydrogen (secondary N) is 2. The lowest BCUT2D eigenvalue weighted by Crippen LogP contribution is -2.49. The average molecular weight is 309 g/mol. The van der Waals surface area contributed by atoms with E-state index in [4.69, 9.17) is 4.42 Å². The molecular formula is C15H23N3O4. The summed E-state index contributed by atoms with van der Waals surface area (Å²) >= 11 is 0. The molecule has 1 aromatic heterocycles. The number of carbonyl (C=O) groups excluding carboxylic acids is 3. The van der Waals surface area contributed by atoms with Crippen LogP contribution in [0.4, 0.5) is 0 Å². The molecule has 0 radical (unpaired) electrons. The van der Waals surface area contributed by atoms with Gasteiger partial charge in [-0.3, -0.25) is 14.4 Å². The van der Waals surface area contributed by atoms with Crippen LogP contribution in [0.2, 0.25) is 0 Å². The van der Waals surface area contributed by atoms with Crippen LogP contribution in [0.3, 0.4) is 0 Å². The predicted molar refractivity (Wildman–Crippen MR) is 81.2 cm³/mol. The maximum Gasteiger partial charge on any atom is 0.287 e. The van der Waals surface area contributed by atoms with Gasteiger partial charge in [0.05, 0.1) is 19.4 Å². The Morgan fingerprint density at radius 3 is 2.45 bits per heavy atom. The van der Waals surface area contributed by atoms with E-state index < -0.39 is 5.91 Å². The smallest absolute Gasteiger partial charge is 0.287 e. The van der Waals surface area contributed by atoms with Gasteiger partial charge in [-0.15, -0.1) is 0 Å². The summed E-state index contributed by atoms with van der Waals surface area (Å²) in [5.41, 5.74) is -0.354. The van der Waals surface area contributed by atoms with Crippen LogP contribution in [0.5, 0.6) is 0 Å². The van der Waals surface area contributed by atoms with Crippen molar-refractivity contribution >= 4 is 17.7 Å². The van der Waals surface area contributed by atoms with Crippen LogP contribution >= 0.6 is 0 Å². The second-order valence-corrected chi connectivity index (χ2v) is 5.87. The van der Waals surface area contributed by atoms with Crippen molar-refractivity contribution in [2.24, 2.45) is 0 Å². The number of likely N-dealkylation sites (N-methyl/N-ethyl adjacent to an activating group) is 1. The summed E-state index contributed by atoms with van der Waals surface area (Å²) in [4.78, 5) is 37.0. The van der Waals surface area contributed by atoms with Crippen LogP contribution in [0, 0.1) is 0 Å². The topological polar surface area (TPSA) is 91.7 Å². The van der Waals surface area contributed by atoms with E-state index in [-0.39, 0.29) is 36.2 Å². The van der Waals surface area contributed by atoms with Crippen molar-refractivity contribution in [2.75, 3.05) is 19.6 Å². The SMILES string of the molecule is CCN(CC(=O)NC(C)(C)C)C(=O)CNC(=O)c1ccco1. The molecule has 1 heterocycles. The van der Waals surface area contributed by atoms with Gasteiger partial charge < -0.3 is 20.0 Å². The molecule has 0 aromatic carbocycles. The summed E-state index contributed by atoms with van der Waals surface area (Å²) in [7, 11) is 0. The zero-order valence-electron chi connectivity index (χ0n) is 13.4. The second-order valence-electron chi connectivity index (χ2n) is 5.87. The molecule has 0 saturated heterocycles. The highest BCUT2D eigenvalue weighted by Crippen LogP contribution is 2.00. The van der Waals surface area contributed by atoms with Gasteiger partial charge in [0.25, 0.3) is 5.91 Å². The van der Waals surface area contributed by atoms with Gasteiger partial charge in [-0.25, -0.2) is 0 Å². The van der Waals surface area contributed by atoms with E-state index in [2.05, 4.69) is 10.6 Å². The van der Waals surface area contributed by atoms with Crippen LogP contribution in [0.15, 0.2) is 22.8 Å². The lowest BCUT2D eigenvalue weighted by Gasteiger charge is -2.25. The van der Waals surface area contributed by atoms with E-state index in [1.54, 1.807) is 13.0 Å². The molecule has 1 aromatic rings. The van der Waals surface area contributed by atoms with E-state index >= 15 is 0 Å². The maximum absolute atomic E-state index is 12.1. The lowest BCUT2D eigenvalue weighted by molar-refractivity contribution is -0.135. The highest BCUT2D eigenvalue weighted by Gasteiger charge is 2.20. The first-order valence-electron chi connectivity index (χ1n) is 7.13. The molecule has 0 saturated carbocycles. The number of rotatable bonds is 6. The van der Waals surface area contributed by atoms with E-state index in [1.807, 2.05) is 20.8 Å². The number of hydrogen-bond acceptors (Lipinski definition) is 4. The third kappa shape index (κ3) is 5.99. The van der Waals surface area contributed by atoms with Gasteiger partial charge in [0.1, 0.15) is 0 Å². The second kappa shape index (κ2) is 7.63. The first kappa shape index (κ1) is 17.7. The summed E-state index contributed by atoms with van der Waals surface area (Å²) in [5, 5.41) is 5.26. The Balaban J connectivity index is 2.47. The van der Waals surface area contributed by atoms with Gasteiger partial charge >= 0.3 is 0 Å². The first-order valence-corrected chi connectivity index (χ1v) is 7.13. The highest BCUT2D eigenvalue weighted by molar-refractivity contribution is 5.94. The van der Waals surface area contributed by atoms with E-state index in [0.717, 1.165) is 0 Å². The summed E-state index contributed by atoms with van der Waals surface area (Å²) in [6.07, 6.45) is 1.38. The molecular weight excluding hydrogens is 286 g/mol. The minimum absolute atomic E-state index is 0.0385. The zero-order chi connectivity index (χ0) is 16.8.